The van der Waals surface area contributed by atoms with E-state index in [0.717, 1.165) is 5.56 Å². The Hall–Kier alpha value is -2.24. The summed E-state index contributed by atoms with van der Waals surface area (Å²) in [7, 11) is 1.58. The second kappa shape index (κ2) is 9.80. The first-order chi connectivity index (χ1) is 11.3. The second-order valence-electron chi connectivity index (χ2n) is 5.97. The van der Waals surface area contributed by atoms with Crippen LogP contribution in [0.15, 0.2) is 18.2 Å². The van der Waals surface area contributed by atoms with Gasteiger partial charge < -0.3 is 19.9 Å². The predicted octanol–water partition coefficient (Wildman–Crippen LogP) is 3.30. The molecule has 0 aliphatic carbocycles. The molecule has 0 heterocycles. The van der Waals surface area contributed by atoms with E-state index in [4.69, 9.17) is 14.6 Å². The van der Waals surface area contributed by atoms with Gasteiger partial charge in [-0.1, -0.05) is 6.07 Å². The van der Waals surface area contributed by atoms with Crippen LogP contribution in [0.3, 0.4) is 0 Å². The van der Waals surface area contributed by atoms with Crippen LogP contribution in [0, 0.1) is 0 Å². The first-order valence-corrected chi connectivity index (χ1v) is 8.19. The van der Waals surface area contributed by atoms with Crippen molar-refractivity contribution in [2.45, 2.75) is 58.6 Å². The fourth-order valence-electron chi connectivity index (χ4n) is 2.26. The number of benzene rings is 1. The van der Waals surface area contributed by atoms with E-state index >= 15 is 0 Å². The zero-order valence-electron chi connectivity index (χ0n) is 14.8. The highest BCUT2D eigenvalue weighted by atomic mass is 16.5. The quantitative estimate of drug-likeness (QED) is 0.640. The highest BCUT2D eigenvalue weighted by molar-refractivity contribution is 5.76. The average molecular weight is 337 g/mol. The smallest absolute Gasteiger partial charge is 0.303 e. The molecule has 0 bridgehead atoms. The summed E-state index contributed by atoms with van der Waals surface area (Å²) in [5, 5.41) is 11.5. The van der Waals surface area contributed by atoms with Crippen molar-refractivity contribution in [3.05, 3.63) is 23.8 Å². The number of amides is 1. The first kappa shape index (κ1) is 19.8. The number of hydrogen-bond acceptors (Lipinski definition) is 4. The summed E-state index contributed by atoms with van der Waals surface area (Å²) in [4.78, 5) is 22.4. The molecule has 1 atom stereocenters. The van der Waals surface area contributed by atoms with E-state index in [1.54, 1.807) is 7.11 Å². The highest BCUT2D eigenvalue weighted by Gasteiger charge is 2.13. The fraction of sp³-hybridized carbons (Fsp3) is 0.556. The normalized spacial score (nSPS) is 11.9. The number of nitrogens with one attached hydrogen (secondary N) is 1. The topological polar surface area (TPSA) is 84.9 Å². The summed E-state index contributed by atoms with van der Waals surface area (Å²) < 4.78 is 11.0. The predicted molar refractivity (Wildman–Crippen MR) is 91.4 cm³/mol. The highest BCUT2D eigenvalue weighted by Crippen LogP contribution is 2.31. The molecule has 0 aromatic heterocycles. The number of carbonyl (C=O) groups is 2. The molecule has 1 rings (SSSR count). The van der Waals surface area contributed by atoms with E-state index in [0.29, 0.717) is 30.8 Å². The van der Waals surface area contributed by atoms with Crippen LogP contribution in [0.25, 0.3) is 0 Å². The molecule has 0 aliphatic rings. The van der Waals surface area contributed by atoms with E-state index in [-0.39, 0.29) is 24.5 Å². The van der Waals surface area contributed by atoms with Gasteiger partial charge in [0.05, 0.1) is 19.3 Å². The molecule has 1 amide bonds. The van der Waals surface area contributed by atoms with Crippen molar-refractivity contribution >= 4 is 11.9 Å². The van der Waals surface area contributed by atoms with Gasteiger partial charge in [-0.25, -0.2) is 0 Å². The molecule has 0 radical (unpaired) electrons. The lowest BCUT2D eigenvalue weighted by Gasteiger charge is -2.18. The summed E-state index contributed by atoms with van der Waals surface area (Å²) >= 11 is 0. The van der Waals surface area contributed by atoms with Gasteiger partial charge in [-0.15, -0.1) is 0 Å². The third kappa shape index (κ3) is 6.89. The van der Waals surface area contributed by atoms with Gasteiger partial charge in [0.2, 0.25) is 5.91 Å². The first-order valence-electron chi connectivity index (χ1n) is 8.19. The number of rotatable bonds is 10. The van der Waals surface area contributed by atoms with Crippen LogP contribution >= 0.6 is 0 Å². The van der Waals surface area contributed by atoms with E-state index in [1.165, 1.54) is 0 Å². The van der Waals surface area contributed by atoms with Crippen molar-refractivity contribution in [2.24, 2.45) is 0 Å². The number of hydrogen-bond donors (Lipinski definition) is 2. The van der Waals surface area contributed by atoms with Gasteiger partial charge in [-0.05, 0) is 51.3 Å². The number of carboxylic acids is 1. The largest absolute Gasteiger partial charge is 0.493 e. The molecule has 0 saturated heterocycles. The van der Waals surface area contributed by atoms with Crippen LogP contribution in [-0.2, 0) is 9.59 Å². The van der Waals surface area contributed by atoms with Gasteiger partial charge in [-0.2, -0.15) is 0 Å². The molecule has 0 fully saturated rings. The molecular formula is C18H27NO5. The zero-order valence-corrected chi connectivity index (χ0v) is 14.8. The van der Waals surface area contributed by atoms with Gasteiger partial charge in [0.15, 0.2) is 11.5 Å². The SMILES string of the molecule is COc1cc(C(C)NC(=O)CCCCC(=O)O)ccc1OC(C)C. The van der Waals surface area contributed by atoms with Crippen LogP contribution < -0.4 is 14.8 Å². The van der Waals surface area contributed by atoms with E-state index < -0.39 is 5.97 Å². The zero-order chi connectivity index (χ0) is 18.1. The molecule has 1 aromatic carbocycles. The number of carboxylic acid groups (broad SMARTS) is 1. The van der Waals surface area contributed by atoms with Gasteiger partial charge in [-0.3, -0.25) is 9.59 Å². The molecule has 2 N–H and O–H groups in total. The summed E-state index contributed by atoms with van der Waals surface area (Å²) in [5.74, 6) is 0.376. The Bertz CT molecular complexity index is 556. The van der Waals surface area contributed by atoms with E-state index in [2.05, 4.69) is 5.32 Å². The minimum absolute atomic E-state index is 0.0488. The van der Waals surface area contributed by atoms with Crippen molar-refractivity contribution in [1.29, 1.82) is 0 Å². The van der Waals surface area contributed by atoms with Crippen LogP contribution in [0.4, 0.5) is 0 Å². The maximum absolute atomic E-state index is 11.9. The minimum atomic E-state index is -0.834. The van der Waals surface area contributed by atoms with Gasteiger partial charge in [0.1, 0.15) is 0 Å². The number of methoxy groups -OCH3 is 1. The van der Waals surface area contributed by atoms with Gasteiger partial charge >= 0.3 is 5.97 Å². The van der Waals surface area contributed by atoms with Crippen LogP contribution in [0.2, 0.25) is 0 Å². The lowest BCUT2D eigenvalue weighted by molar-refractivity contribution is -0.137. The Morgan fingerprint density at radius 3 is 2.38 bits per heavy atom. The molecule has 0 aliphatic heterocycles. The van der Waals surface area contributed by atoms with Gasteiger partial charge in [0, 0.05) is 12.8 Å². The average Bonchev–Trinajstić information content (AvgIpc) is 2.51. The molecule has 1 aromatic rings. The Morgan fingerprint density at radius 1 is 1.12 bits per heavy atom. The molecule has 6 nitrogen and oxygen atoms in total. The van der Waals surface area contributed by atoms with Crippen LogP contribution in [0.1, 0.15) is 58.1 Å². The lowest BCUT2D eigenvalue weighted by atomic mass is 10.1. The Balaban J connectivity index is 2.59. The maximum Gasteiger partial charge on any atom is 0.303 e. The Kier molecular flexibility index (Phi) is 8.09. The fourth-order valence-corrected chi connectivity index (χ4v) is 2.26. The van der Waals surface area contributed by atoms with Crippen molar-refractivity contribution in [3.8, 4) is 11.5 Å². The number of aliphatic carboxylic acids is 1. The molecule has 6 heteroatoms. The summed E-state index contributed by atoms with van der Waals surface area (Å²) in [6.45, 7) is 5.79. The number of unbranched alkanes of at least 4 members (excludes halogenated alkanes) is 1. The molecular weight excluding hydrogens is 310 g/mol. The Labute approximate surface area is 143 Å². The molecule has 0 saturated carbocycles. The summed E-state index contributed by atoms with van der Waals surface area (Å²) in [6.07, 6.45) is 1.54. The minimum Gasteiger partial charge on any atom is -0.493 e. The third-order valence-corrected chi connectivity index (χ3v) is 3.47. The number of ether oxygens (including phenoxy) is 2. The third-order valence-electron chi connectivity index (χ3n) is 3.47. The summed E-state index contributed by atoms with van der Waals surface area (Å²) in [5.41, 5.74) is 0.918. The molecule has 0 spiro atoms. The lowest BCUT2D eigenvalue weighted by Crippen LogP contribution is -2.26. The van der Waals surface area contributed by atoms with Crippen molar-refractivity contribution < 1.29 is 24.2 Å². The summed E-state index contributed by atoms with van der Waals surface area (Å²) in [6, 6.07) is 5.42. The number of carbonyl (C=O) groups excluding carboxylic acids is 1. The van der Waals surface area contributed by atoms with Crippen molar-refractivity contribution in [1.82, 2.24) is 5.32 Å². The maximum atomic E-state index is 11.9. The molecule has 1 unspecified atom stereocenters. The van der Waals surface area contributed by atoms with Crippen LogP contribution in [-0.4, -0.2) is 30.2 Å². The van der Waals surface area contributed by atoms with Crippen molar-refractivity contribution in [2.75, 3.05) is 7.11 Å². The Morgan fingerprint density at radius 2 is 1.79 bits per heavy atom. The second-order valence-corrected chi connectivity index (χ2v) is 5.97. The van der Waals surface area contributed by atoms with E-state index in [1.807, 2.05) is 39.0 Å². The molecule has 24 heavy (non-hydrogen) atoms. The van der Waals surface area contributed by atoms with Crippen LogP contribution in [0.5, 0.6) is 11.5 Å². The molecule has 134 valence electrons. The van der Waals surface area contributed by atoms with Crippen molar-refractivity contribution in [3.63, 3.8) is 0 Å². The van der Waals surface area contributed by atoms with E-state index in [9.17, 15) is 9.59 Å². The van der Waals surface area contributed by atoms with Gasteiger partial charge in [0.25, 0.3) is 0 Å². The monoisotopic (exact) mass is 337 g/mol. The standard InChI is InChI=1S/C18H27NO5/c1-12(2)24-15-10-9-14(11-16(15)23-4)13(3)19-17(20)7-5-6-8-18(21)22/h9-13H,5-8H2,1-4H3,(H,19,20)(H,21,22).